The van der Waals surface area contributed by atoms with Crippen molar-refractivity contribution in [2.75, 3.05) is 5.32 Å². The Labute approximate surface area is 126 Å². The standard InChI is InChI=1S/C17H22N4/c1-4-11-21-16(9-10-20-21)12-19-15-7-5-14(6-8-15)17(2,3)13-18/h5-10,19H,4,11-12H2,1-3H3. The fourth-order valence-electron chi connectivity index (χ4n) is 2.19. The average molecular weight is 282 g/mol. The number of anilines is 1. The molecule has 110 valence electrons. The molecule has 4 nitrogen and oxygen atoms in total. The molecule has 2 rings (SSSR count). The molecule has 4 heteroatoms. The summed E-state index contributed by atoms with van der Waals surface area (Å²) in [6.07, 6.45) is 2.91. The van der Waals surface area contributed by atoms with Crippen LogP contribution in [0.2, 0.25) is 0 Å². The zero-order valence-corrected chi connectivity index (χ0v) is 12.9. The number of rotatable bonds is 6. The van der Waals surface area contributed by atoms with E-state index < -0.39 is 5.41 Å². The van der Waals surface area contributed by atoms with Crippen molar-refractivity contribution < 1.29 is 0 Å². The Morgan fingerprint density at radius 1 is 1.24 bits per heavy atom. The van der Waals surface area contributed by atoms with E-state index in [4.69, 9.17) is 5.26 Å². The van der Waals surface area contributed by atoms with Crippen LogP contribution in [0.3, 0.4) is 0 Å². The van der Waals surface area contributed by atoms with Gasteiger partial charge in [-0.1, -0.05) is 19.1 Å². The van der Waals surface area contributed by atoms with Crippen LogP contribution in [-0.4, -0.2) is 9.78 Å². The monoisotopic (exact) mass is 282 g/mol. The van der Waals surface area contributed by atoms with Crippen molar-refractivity contribution in [1.29, 1.82) is 5.26 Å². The number of hydrogen-bond donors (Lipinski definition) is 1. The highest BCUT2D eigenvalue weighted by molar-refractivity contribution is 5.47. The first-order valence-corrected chi connectivity index (χ1v) is 7.33. The second-order valence-electron chi connectivity index (χ2n) is 5.71. The predicted octanol–water partition coefficient (Wildman–Crippen LogP) is 3.71. The Bertz CT molecular complexity index is 617. The summed E-state index contributed by atoms with van der Waals surface area (Å²) < 4.78 is 2.03. The highest BCUT2D eigenvalue weighted by Crippen LogP contribution is 2.23. The number of hydrogen-bond acceptors (Lipinski definition) is 3. The van der Waals surface area contributed by atoms with Gasteiger partial charge >= 0.3 is 0 Å². The first-order chi connectivity index (χ1) is 10.1. The van der Waals surface area contributed by atoms with Crippen LogP contribution in [0, 0.1) is 11.3 Å². The highest BCUT2D eigenvalue weighted by atomic mass is 15.3. The fraction of sp³-hybridized carbons (Fsp3) is 0.412. The second kappa shape index (κ2) is 6.45. The van der Waals surface area contributed by atoms with E-state index in [0.717, 1.165) is 30.8 Å². The van der Waals surface area contributed by atoms with Gasteiger partial charge in [-0.3, -0.25) is 4.68 Å². The van der Waals surface area contributed by atoms with Gasteiger partial charge in [-0.15, -0.1) is 0 Å². The molecule has 0 spiro atoms. The molecule has 0 aliphatic heterocycles. The molecule has 1 N–H and O–H groups in total. The van der Waals surface area contributed by atoms with Gasteiger partial charge in [0.15, 0.2) is 0 Å². The third-order valence-corrected chi connectivity index (χ3v) is 3.60. The minimum absolute atomic E-state index is 0.446. The molecule has 1 aromatic heterocycles. The molecule has 0 atom stereocenters. The zero-order chi connectivity index (χ0) is 15.3. The average Bonchev–Trinajstić information content (AvgIpc) is 2.93. The van der Waals surface area contributed by atoms with Crippen molar-refractivity contribution in [3.8, 4) is 6.07 Å². The molecule has 0 aliphatic rings. The van der Waals surface area contributed by atoms with Gasteiger partial charge in [0.25, 0.3) is 0 Å². The molecule has 2 aromatic rings. The van der Waals surface area contributed by atoms with Crippen LogP contribution in [-0.2, 0) is 18.5 Å². The van der Waals surface area contributed by atoms with Crippen LogP contribution < -0.4 is 5.32 Å². The maximum Gasteiger partial charge on any atom is 0.0766 e. The van der Waals surface area contributed by atoms with Crippen LogP contribution >= 0.6 is 0 Å². The van der Waals surface area contributed by atoms with E-state index in [0.29, 0.717) is 0 Å². The van der Waals surface area contributed by atoms with Crippen LogP contribution in [0.1, 0.15) is 38.4 Å². The predicted molar refractivity (Wildman–Crippen MR) is 84.9 cm³/mol. The summed E-state index contributed by atoms with van der Waals surface area (Å²) in [6, 6.07) is 12.4. The van der Waals surface area contributed by atoms with Gasteiger partial charge in [-0.2, -0.15) is 10.4 Å². The largest absolute Gasteiger partial charge is 0.379 e. The molecule has 1 aromatic carbocycles. The Morgan fingerprint density at radius 2 is 1.95 bits per heavy atom. The van der Waals surface area contributed by atoms with Crippen molar-refractivity contribution in [2.45, 2.75) is 45.7 Å². The number of aromatic nitrogens is 2. The molecular formula is C17H22N4. The van der Waals surface area contributed by atoms with Gasteiger partial charge in [0.05, 0.1) is 23.7 Å². The summed E-state index contributed by atoms with van der Waals surface area (Å²) in [5, 5.41) is 16.9. The summed E-state index contributed by atoms with van der Waals surface area (Å²) in [4.78, 5) is 0. The minimum atomic E-state index is -0.446. The lowest BCUT2D eigenvalue weighted by atomic mass is 9.86. The van der Waals surface area contributed by atoms with Crippen molar-refractivity contribution >= 4 is 5.69 Å². The lowest BCUT2D eigenvalue weighted by molar-refractivity contribution is 0.578. The summed E-state index contributed by atoms with van der Waals surface area (Å²) in [7, 11) is 0. The Kier molecular flexibility index (Phi) is 4.64. The first kappa shape index (κ1) is 15.1. The quantitative estimate of drug-likeness (QED) is 0.878. The van der Waals surface area contributed by atoms with E-state index in [2.05, 4.69) is 23.4 Å². The van der Waals surface area contributed by atoms with E-state index in [1.54, 1.807) is 0 Å². The van der Waals surface area contributed by atoms with Crippen molar-refractivity contribution in [3.05, 3.63) is 47.8 Å². The highest BCUT2D eigenvalue weighted by Gasteiger charge is 2.18. The molecule has 0 amide bonds. The summed E-state index contributed by atoms with van der Waals surface area (Å²) >= 11 is 0. The molecule has 0 bridgehead atoms. The summed E-state index contributed by atoms with van der Waals surface area (Å²) in [6.45, 7) is 7.70. The van der Waals surface area contributed by atoms with Crippen LogP contribution in [0.4, 0.5) is 5.69 Å². The van der Waals surface area contributed by atoms with E-state index >= 15 is 0 Å². The summed E-state index contributed by atoms with van der Waals surface area (Å²) in [5.74, 6) is 0. The maximum absolute atomic E-state index is 9.15. The van der Waals surface area contributed by atoms with Gasteiger partial charge in [0.1, 0.15) is 0 Å². The molecule has 0 fully saturated rings. The zero-order valence-electron chi connectivity index (χ0n) is 12.9. The molecule has 0 radical (unpaired) electrons. The number of nitrogens with one attached hydrogen (secondary N) is 1. The lowest BCUT2D eigenvalue weighted by Gasteiger charge is -2.16. The normalized spacial score (nSPS) is 11.1. The smallest absolute Gasteiger partial charge is 0.0766 e. The van der Waals surface area contributed by atoms with Crippen LogP contribution in [0.15, 0.2) is 36.5 Å². The number of nitrogens with zero attached hydrogens (tertiary/aromatic N) is 3. The molecule has 0 unspecified atom stereocenters. The topological polar surface area (TPSA) is 53.6 Å². The molecule has 21 heavy (non-hydrogen) atoms. The molecule has 1 heterocycles. The molecular weight excluding hydrogens is 260 g/mol. The van der Waals surface area contributed by atoms with E-state index in [9.17, 15) is 0 Å². The third kappa shape index (κ3) is 3.63. The molecule has 0 saturated heterocycles. The Hall–Kier alpha value is -2.28. The van der Waals surface area contributed by atoms with Crippen LogP contribution in [0.5, 0.6) is 0 Å². The van der Waals surface area contributed by atoms with Crippen molar-refractivity contribution in [2.24, 2.45) is 0 Å². The number of aryl methyl sites for hydroxylation is 1. The SMILES string of the molecule is CCCn1nccc1CNc1ccc(C(C)(C)C#N)cc1. The lowest BCUT2D eigenvalue weighted by Crippen LogP contribution is -2.13. The van der Waals surface area contributed by atoms with Crippen molar-refractivity contribution in [1.82, 2.24) is 9.78 Å². The first-order valence-electron chi connectivity index (χ1n) is 7.33. The van der Waals surface area contributed by atoms with Crippen molar-refractivity contribution in [3.63, 3.8) is 0 Å². The fourth-order valence-corrected chi connectivity index (χ4v) is 2.19. The minimum Gasteiger partial charge on any atom is -0.379 e. The summed E-state index contributed by atoms with van der Waals surface area (Å²) in [5.41, 5.74) is 2.82. The van der Waals surface area contributed by atoms with Gasteiger partial charge in [0, 0.05) is 18.4 Å². The van der Waals surface area contributed by atoms with Gasteiger partial charge in [0.2, 0.25) is 0 Å². The molecule has 0 saturated carbocycles. The number of nitriles is 1. The van der Waals surface area contributed by atoms with E-state index in [1.165, 1.54) is 5.69 Å². The second-order valence-corrected chi connectivity index (χ2v) is 5.71. The third-order valence-electron chi connectivity index (χ3n) is 3.60. The maximum atomic E-state index is 9.15. The Balaban J connectivity index is 2.01. The van der Waals surface area contributed by atoms with Crippen LogP contribution in [0.25, 0.3) is 0 Å². The number of benzene rings is 1. The van der Waals surface area contributed by atoms with E-state index in [1.807, 2.05) is 55.1 Å². The Morgan fingerprint density at radius 3 is 2.57 bits per heavy atom. The van der Waals surface area contributed by atoms with Gasteiger partial charge in [-0.25, -0.2) is 0 Å². The van der Waals surface area contributed by atoms with Gasteiger partial charge in [-0.05, 0) is 44.0 Å². The van der Waals surface area contributed by atoms with Gasteiger partial charge < -0.3 is 5.32 Å². The van der Waals surface area contributed by atoms with E-state index in [-0.39, 0.29) is 0 Å². The molecule has 0 aliphatic carbocycles.